The van der Waals surface area contributed by atoms with Crippen molar-refractivity contribution in [2.24, 2.45) is 0 Å². The molecule has 1 aromatic heterocycles. The van der Waals surface area contributed by atoms with Crippen molar-refractivity contribution in [2.45, 2.75) is 19.3 Å². The number of aryl methyl sites for hydroxylation is 1. The van der Waals surface area contributed by atoms with Crippen molar-refractivity contribution >= 4 is 5.78 Å². The van der Waals surface area contributed by atoms with Crippen molar-refractivity contribution in [3.05, 3.63) is 59.4 Å². The van der Waals surface area contributed by atoms with Crippen molar-refractivity contribution in [2.75, 3.05) is 6.61 Å². The number of nitrogens with zero attached hydrogens (tertiary/aromatic N) is 1. The Balaban J connectivity index is 1.98. The fourth-order valence-electron chi connectivity index (χ4n) is 2.51. The summed E-state index contributed by atoms with van der Waals surface area (Å²) >= 11 is 0. The number of carbonyl (C=O) groups excluding carboxylic acids is 1. The minimum atomic E-state index is -0.117. The topological polar surface area (TPSA) is 39.2 Å². The lowest BCUT2D eigenvalue weighted by Gasteiger charge is -2.24. The molecule has 2 heterocycles. The minimum Gasteiger partial charge on any atom is -0.493 e. The first-order valence-electron chi connectivity index (χ1n) is 6.43. The molecule has 0 spiro atoms. The van der Waals surface area contributed by atoms with Crippen LogP contribution in [0.25, 0.3) is 0 Å². The van der Waals surface area contributed by atoms with Gasteiger partial charge in [0.25, 0.3) is 0 Å². The number of rotatable bonds is 2. The second kappa shape index (κ2) is 4.84. The molecule has 0 radical (unpaired) electrons. The highest BCUT2D eigenvalue weighted by Gasteiger charge is 2.28. The van der Waals surface area contributed by atoms with E-state index in [0.717, 1.165) is 23.3 Å². The van der Waals surface area contributed by atoms with E-state index in [2.05, 4.69) is 4.98 Å². The average Bonchev–Trinajstić information content (AvgIpc) is 2.46. The lowest BCUT2D eigenvalue weighted by molar-refractivity contribution is 0.0932. The monoisotopic (exact) mass is 253 g/mol. The maximum atomic E-state index is 12.6. The molecule has 1 aromatic carbocycles. The lowest BCUT2D eigenvalue weighted by atomic mass is 9.86. The predicted molar refractivity (Wildman–Crippen MR) is 72.6 cm³/mol. The van der Waals surface area contributed by atoms with Crippen molar-refractivity contribution < 1.29 is 9.53 Å². The van der Waals surface area contributed by atoms with Crippen LogP contribution in [-0.4, -0.2) is 17.4 Å². The van der Waals surface area contributed by atoms with E-state index in [0.29, 0.717) is 12.2 Å². The maximum absolute atomic E-state index is 12.6. The summed E-state index contributed by atoms with van der Waals surface area (Å²) in [6.45, 7) is 2.54. The van der Waals surface area contributed by atoms with E-state index in [1.807, 2.05) is 37.3 Å². The number of para-hydroxylation sites is 1. The van der Waals surface area contributed by atoms with Crippen LogP contribution in [0.4, 0.5) is 0 Å². The van der Waals surface area contributed by atoms with Crippen LogP contribution in [0.5, 0.6) is 5.75 Å². The largest absolute Gasteiger partial charge is 0.493 e. The number of benzene rings is 1. The van der Waals surface area contributed by atoms with Crippen LogP contribution in [0.15, 0.2) is 42.7 Å². The number of fused-ring (bicyclic) bond motifs is 1. The summed E-state index contributed by atoms with van der Waals surface area (Å²) in [5, 5.41) is 0. The van der Waals surface area contributed by atoms with E-state index < -0.39 is 0 Å². The average molecular weight is 253 g/mol. The fourth-order valence-corrected chi connectivity index (χ4v) is 2.51. The van der Waals surface area contributed by atoms with Crippen LogP contribution in [-0.2, 0) is 0 Å². The number of aromatic nitrogens is 1. The zero-order valence-electron chi connectivity index (χ0n) is 10.8. The van der Waals surface area contributed by atoms with Gasteiger partial charge in [-0.2, -0.15) is 0 Å². The molecule has 0 aliphatic carbocycles. The Morgan fingerprint density at radius 1 is 1.32 bits per heavy atom. The SMILES string of the molecule is Cc1cncc(C(=O)C2CCOc3ccccc32)c1. The maximum Gasteiger partial charge on any atom is 0.172 e. The van der Waals surface area contributed by atoms with Gasteiger partial charge >= 0.3 is 0 Å². The van der Waals surface area contributed by atoms with Gasteiger partial charge in [-0.05, 0) is 31.0 Å². The summed E-state index contributed by atoms with van der Waals surface area (Å²) in [5.41, 5.74) is 2.67. The number of hydrogen-bond acceptors (Lipinski definition) is 3. The summed E-state index contributed by atoms with van der Waals surface area (Å²) in [7, 11) is 0. The molecule has 0 bridgehead atoms. The quantitative estimate of drug-likeness (QED) is 0.772. The third-order valence-corrected chi connectivity index (χ3v) is 3.43. The number of ketones is 1. The standard InChI is InChI=1S/C16H15NO2/c1-11-8-12(10-17-9-11)16(18)14-6-7-19-15-5-3-2-4-13(14)15/h2-5,8-10,14H,6-7H2,1H3. The van der Waals surface area contributed by atoms with E-state index in [1.165, 1.54) is 0 Å². The number of Topliss-reactive ketones (excluding diaryl/α,β-unsaturated/α-hetero) is 1. The number of pyridine rings is 1. The fraction of sp³-hybridized carbons (Fsp3) is 0.250. The minimum absolute atomic E-state index is 0.117. The van der Waals surface area contributed by atoms with Gasteiger partial charge in [0.1, 0.15) is 5.75 Å². The van der Waals surface area contributed by atoms with Crippen molar-refractivity contribution in [1.82, 2.24) is 4.98 Å². The van der Waals surface area contributed by atoms with Crippen LogP contribution in [0.2, 0.25) is 0 Å². The Labute approximate surface area is 112 Å². The molecule has 0 N–H and O–H groups in total. The molecule has 1 atom stereocenters. The lowest BCUT2D eigenvalue weighted by Crippen LogP contribution is -2.21. The van der Waals surface area contributed by atoms with Gasteiger partial charge in [-0.1, -0.05) is 18.2 Å². The number of hydrogen-bond donors (Lipinski definition) is 0. The number of ether oxygens (including phenoxy) is 1. The highest BCUT2D eigenvalue weighted by atomic mass is 16.5. The Bertz CT molecular complexity index is 622. The van der Waals surface area contributed by atoms with E-state index in [4.69, 9.17) is 4.74 Å². The molecule has 1 aliphatic rings. The number of carbonyl (C=O) groups is 1. The molecule has 3 rings (SSSR count). The van der Waals surface area contributed by atoms with E-state index in [9.17, 15) is 4.79 Å². The summed E-state index contributed by atoms with van der Waals surface area (Å²) < 4.78 is 5.60. The second-order valence-corrected chi connectivity index (χ2v) is 4.84. The normalized spacial score (nSPS) is 17.4. The van der Waals surface area contributed by atoms with Crippen LogP contribution in [0.3, 0.4) is 0 Å². The smallest absolute Gasteiger partial charge is 0.172 e. The van der Waals surface area contributed by atoms with Crippen LogP contribution < -0.4 is 4.74 Å². The Hall–Kier alpha value is -2.16. The molecule has 3 heteroatoms. The van der Waals surface area contributed by atoms with E-state index in [-0.39, 0.29) is 11.7 Å². The molecule has 19 heavy (non-hydrogen) atoms. The first-order chi connectivity index (χ1) is 9.25. The second-order valence-electron chi connectivity index (χ2n) is 4.84. The summed E-state index contributed by atoms with van der Waals surface area (Å²) in [6.07, 6.45) is 4.13. The Kier molecular flexibility index (Phi) is 3.03. The van der Waals surface area contributed by atoms with Gasteiger partial charge < -0.3 is 4.74 Å². The molecule has 0 saturated heterocycles. The molecular weight excluding hydrogens is 238 g/mol. The van der Waals surface area contributed by atoms with Crippen LogP contribution in [0, 0.1) is 6.92 Å². The van der Waals surface area contributed by atoms with Gasteiger partial charge in [-0.25, -0.2) is 0 Å². The van der Waals surface area contributed by atoms with Gasteiger partial charge in [0.2, 0.25) is 0 Å². The van der Waals surface area contributed by atoms with Crippen LogP contribution in [0.1, 0.15) is 33.8 Å². The molecule has 1 aliphatic heterocycles. The first kappa shape index (κ1) is 11.9. The van der Waals surface area contributed by atoms with Crippen LogP contribution >= 0.6 is 0 Å². The molecule has 2 aromatic rings. The van der Waals surface area contributed by atoms with Gasteiger partial charge in [0.15, 0.2) is 5.78 Å². The van der Waals surface area contributed by atoms with Gasteiger partial charge in [-0.15, -0.1) is 0 Å². The molecule has 0 amide bonds. The molecule has 1 unspecified atom stereocenters. The first-order valence-corrected chi connectivity index (χ1v) is 6.43. The molecule has 0 saturated carbocycles. The van der Waals surface area contributed by atoms with Crippen molar-refractivity contribution in [3.63, 3.8) is 0 Å². The molecule has 0 fully saturated rings. The zero-order valence-corrected chi connectivity index (χ0v) is 10.8. The van der Waals surface area contributed by atoms with E-state index in [1.54, 1.807) is 12.4 Å². The Morgan fingerprint density at radius 2 is 2.16 bits per heavy atom. The predicted octanol–water partition coefficient (Wildman–Crippen LogP) is 3.14. The summed E-state index contributed by atoms with van der Waals surface area (Å²) in [6, 6.07) is 9.67. The summed E-state index contributed by atoms with van der Waals surface area (Å²) in [4.78, 5) is 16.7. The van der Waals surface area contributed by atoms with Crippen molar-refractivity contribution in [1.29, 1.82) is 0 Å². The highest BCUT2D eigenvalue weighted by Crippen LogP contribution is 2.35. The van der Waals surface area contributed by atoms with Gasteiger partial charge in [-0.3, -0.25) is 9.78 Å². The van der Waals surface area contributed by atoms with E-state index >= 15 is 0 Å². The third kappa shape index (κ3) is 2.24. The third-order valence-electron chi connectivity index (χ3n) is 3.43. The van der Waals surface area contributed by atoms with Gasteiger partial charge in [0, 0.05) is 23.5 Å². The Morgan fingerprint density at radius 3 is 3.00 bits per heavy atom. The van der Waals surface area contributed by atoms with Gasteiger partial charge in [0.05, 0.1) is 12.5 Å². The van der Waals surface area contributed by atoms with Crippen molar-refractivity contribution in [3.8, 4) is 5.75 Å². The molecular formula is C16H15NO2. The summed E-state index contributed by atoms with van der Waals surface area (Å²) in [5.74, 6) is 0.841. The zero-order chi connectivity index (χ0) is 13.2. The molecule has 3 nitrogen and oxygen atoms in total. The highest BCUT2D eigenvalue weighted by molar-refractivity contribution is 6.01. The molecule has 96 valence electrons.